The van der Waals surface area contributed by atoms with E-state index in [0.717, 1.165) is 87.1 Å². The number of nitrogens with one attached hydrogen (secondary N) is 1. The lowest BCUT2D eigenvalue weighted by atomic mass is 9.48. The molecule has 6 aliphatic rings. The number of amides is 3. The summed E-state index contributed by atoms with van der Waals surface area (Å²) >= 11 is 6.60. The third-order valence-corrected chi connectivity index (χ3v) is 16.0. The van der Waals surface area contributed by atoms with Crippen LogP contribution in [0.15, 0.2) is 54.6 Å². The summed E-state index contributed by atoms with van der Waals surface area (Å²) in [6.45, 7) is 7.39. The Morgan fingerprint density at radius 1 is 0.984 bits per heavy atom. The first-order chi connectivity index (χ1) is 29.9. The van der Waals surface area contributed by atoms with Gasteiger partial charge in [0.2, 0.25) is 25.1 Å². The van der Waals surface area contributed by atoms with Crippen LogP contribution in [0.1, 0.15) is 84.0 Å². The zero-order valence-electron chi connectivity index (χ0n) is 36.2. The number of hydrogen-bond donors (Lipinski definition) is 4. The summed E-state index contributed by atoms with van der Waals surface area (Å²) in [4.78, 5) is 48.0. The van der Waals surface area contributed by atoms with Crippen LogP contribution in [0.2, 0.25) is 11.3 Å². The van der Waals surface area contributed by atoms with Crippen LogP contribution in [0, 0.1) is 18.8 Å². The molecule has 12 nitrogen and oxygen atoms in total. The number of primary amides is 1. The van der Waals surface area contributed by atoms with Gasteiger partial charge in [-0.05, 0) is 157 Å². The maximum absolute atomic E-state index is 14.3. The van der Waals surface area contributed by atoms with Crippen LogP contribution in [0.5, 0.6) is 11.5 Å². The van der Waals surface area contributed by atoms with Gasteiger partial charge in [-0.1, -0.05) is 35.9 Å². The van der Waals surface area contributed by atoms with E-state index >= 15 is 0 Å². The molecular formula is C48H61BClN6O6. The maximum Gasteiger partial charge on any atom is 0.248 e. The summed E-state index contributed by atoms with van der Waals surface area (Å²) < 4.78 is 6.62. The fraction of sp³-hybridized carbons (Fsp3) is 0.562. The number of carbonyl (C=O) groups is 3. The van der Waals surface area contributed by atoms with E-state index in [4.69, 9.17) is 22.1 Å². The number of benzene rings is 3. The molecule has 2 unspecified atom stereocenters. The third-order valence-electron chi connectivity index (χ3n) is 15.6. The van der Waals surface area contributed by atoms with E-state index in [1.54, 1.807) is 6.07 Å². The summed E-state index contributed by atoms with van der Waals surface area (Å²) in [7, 11) is 3.95. The number of halogens is 1. The van der Waals surface area contributed by atoms with Crippen LogP contribution in [0.4, 0.5) is 5.69 Å². The molecule has 2 bridgehead atoms. The Morgan fingerprint density at radius 3 is 2.47 bits per heavy atom. The van der Waals surface area contributed by atoms with E-state index in [-0.39, 0.29) is 48.0 Å². The first-order valence-electron chi connectivity index (χ1n) is 22.8. The highest BCUT2D eigenvalue weighted by Gasteiger charge is 2.72. The number of piperidine rings is 3. The normalized spacial score (nSPS) is 27.4. The lowest BCUT2D eigenvalue weighted by Gasteiger charge is -2.63. The summed E-state index contributed by atoms with van der Waals surface area (Å²) in [5.41, 5.74) is 9.51. The maximum atomic E-state index is 14.3. The molecule has 4 aliphatic heterocycles. The van der Waals surface area contributed by atoms with Gasteiger partial charge in [0.25, 0.3) is 0 Å². The molecule has 3 saturated heterocycles. The summed E-state index contributed by atoms with van der Waals surface area (Å²) in [6.07, 6.45) is 7.88. The SMILES string of the molecule is Cc1ccc(N(CCCN2CCC(Cc3ccc(C(N)=O)cc3)CC2)C(=O)C2CCN(C(=O)C[B]NC3CC[C@]4(O)C5Cc6ccc(O)c7c6[C@]4(CCN5C)[C@@H]3O7)CC2)cc1Cl. The zero-order chi connectivity index (χ0) is 43.3. The molecule has 1 saturated carbocycles. The van der Waals surface area contributed by atoms with Crippen molar-refractivity contribution in [3.8, 4) is 11.5 Å². The number of rotatable bonds is 13. The largest absolute Gasteiger partial charge is 0.504 e. The number of phenols is 1. The molecule has 2 aliphatic carbocycles. The Kier molecular flexibility index (Phi) is 12.1. The van der Waals surface area contributed by atoms with Gasteiger partial charge in [-0.25, -0.2) is 0 Å². The average Bonchev–Trinajstić information content (AvgIpc) is 3.63. The molecule has 14 heteroatoms. The molecule has 329 valence electrons. The lowest BCUT2D eigenvalue weighted by molar-refractivity contribution is -0.185. The molecule has 9 rings (SSSR count). The number of likely N-dealkylation sites (N-methyl/N-ethyl adjacent to an activating group) is 1. The van der Waals surface area contributed by atoms with Crippen LogP contribution in [-0.4, -0.2) is 127 Å². The number of hydrogen-bond acceptors (Lipinski definition) is 9. The van der Waals surface area contributed by atoms with Crippen LogP contribution >= 0.6 is 11.6 Å². The topological polar surface area (TPSA) is 152 Å². The predicted octanol–water partition coefficient (Wildman–Crippen LogP) is 4.85. The highest BCUT2D eigenvalue weighted by molar-refractivity contribution is 6.38. The van der Waals surface area contributed by atoms with Crippen LogP contribution in [0.25, 0.3) is 0 Å². The second kappa shape index (κ2) is 17.4. The molecule has 1 radical (unpaired) electrons. The number of aryl methyl sites for hydroxylation is 1. The van der Waals surface area contributed by atoms with Crippen molar-refractivity contribution in [1.29, 1.82) is 0 Å². The summed E-state index contributed by atoms with van der Waals surface area (Å²) in [5.74, 6) is 0.751. The van der Waals surface area contributed by atoms with Gasteiger partial charge in [0, 0.05) is 65.8 Å². The Bertz CT molecular complexity index is 2180. The van der Waals surface area contributed by atoms with Crippen molar-refractivity contribution in [2.45, 2.75) is 107 Å². The number of phenolic OH excluding ortho intramolecular Hbond substituents is 1. The molecule has 4 fully saturated rings. The van der Waals surface area contributed by atoms with Gasteiger partial charge in [0.05, 0.1) is 11.0 Å². The molecule has 3 amide bonds. The van der Waals surface area contributed by atoms with Gasteiger partial charge in [0.15, 0.2) is 11.5 Å². The van der Waals surface area contributed by atoms with Crippen molar-refractivity contribution in [1.82, 2.24) is 19.9 Å². The molecule has 5 N–H and O–H groups in total. The molecule has 3 aromatic carbocycles. The fourth-order valence-electron chi connectivity index (χ4n) is 12.1. The van der Waals surface area contributed by atoms with Crippen molar-refractivity contribution in [3.05, 3.63) is 87.4 Å². The molecule has 3 aromatic rings. The Hall–Kier alpha value is -4.14. The number of nitrogens with two attached hydrogens (primary N) is 1. The van der Waals surface area contributed by atoms with E-state index < -0.39 is 16.9 Å². The monoisotopic (exact) mass is 863 g/mol. The Morgan fingerprint density at radius 2 is 1.74 bits per heavy atom. The smallest absolute Gasteiger partial charge is 0.248 e. The van der Waals surface area contributed by atoms with E-state index in [9.17, 15) is 24.6 Å². The molecular weight excluding hydrogens is 803 g/mol. The number of aliphatic hydroxyl groups is 1. The van der Waals surface area contributed by atoms with Crippen molar-refractivity contribution in [3.63, 3.8) is 0 Å². The van der Waals surface area contributed by atoms with Crippen molar-refractivity contribution in [2.24, 2.45) is 17.6 Å². The standard InChI is InChI=1S/C48H61BClN6O6/c1-30-4-10-36(28-37(30)50)56(20-3-19-54-21-13-32(14-22-54)26-31-5-7-33(8-6-31)45(51)59)46(60)34-15-23-55(24-16-34)41(58)29-49-52-38-12-17-48(61)40-27-35-9-11-39(57)43-42(35)47(48,44(38)62-43)18-25-53(40)2/h4-11,28,32,34,38,40,44,52,57,61H,3,12-27,29H2,1-2H3,(H2,51,59)/t38?,40?,44-,47-,48+/m1/s1. The van der Waals surface area contributed by atoms with Crippen LogP contribution < -0.4 is 20.6 Å². The van der Waals surface area contributed by atoms with Crippen LogP contribution in [0.3, 0.4) is 0 Å². The van der Waals surface area contributed by atoms with E-state index in [2.05, 4.69) is 22.1 Å². The van der Waals surface area contributed by atoms with Crippen molar-refractivity contribution in [2.75, 3.05) is 57.8 Å². The molecule has 1 spiro atoms. The lowest BCUT2D eigenvalue weighted by Crippen LogP contribution is -2.77. The van der Waals surface area contributed by atoms with Gasteiger partial charge >= 0.3 is 0 Å². The molecule has 62 heavy (non-hydrogen) atoms. The fourth-order valence-corrected chi connectivity index (χ4v) is 12.2. The number of ether oxygens (including phenoxy) is 1. The first-order valence-corrected chi connectivity index (χ1v) is 23.2. The number of anilines is 1. The van der Waals surface area contributed by atoms with Crippen molar-refractivity contribution < 1.29 is 29.3 Å². The quantitative estimate of drug-likeness (QED) is 0.177. The number of nitrogens with zero attached hydrogens (tertiary/aromatic N) is 4. The first kappa shape index (κ1) is 43.1. The highest BCUT2D eigenvalue weighted by Crippen LogP contribution is 2.65. The third kappa shape index (κ3) is 7.80. The van der Waals surface area contributed by atoms with Gasteiger partial charge in [-0.15, -0.1) is 0 Å². The molecule has 0 aromatic heterocycles. The summed E-state index contributed by atoms with van der Waals surface area (Å²) in [5, 5.41) is 27.6. The minimum Gasteiger partial charge on any atom is -0.504 e. The number of carbonyl (C=O) groups excluding carboxylic acids is 3. The van der Waals surface area contributed by atoms with Crippen molar-refractivity contribution >= 4 is 42.4 Å². The highest BCUT2D eigenvalue weighted by atomic mass is 35.5. The zero-order valence-corrected chi connectivity index (χ0v) is 36.9. The van der Waals surface area contributed by atoms with E-state index in [1.165, 1.54) is 5.56 Å². The Balaban J connectivity index is 0.763. The predicted molar refractivity (Wildman–Crippen MR) is 241 cm³/mol. The van der Waals surface area contributed by atoms with Gasteiger partial charge in [0.1, 0.15) is 6.10 Å². The second-order valence-electron chi connectivity index (χ2n) is 19.0. The van der Waals surface area contributed by atoms with Crippen LogP contribution in [-0.2, 0) is 27.8 Å². The number of aromatic hydroxyl groups is 1. The average molecular weight is 864 g/mol. The van der Waals surface area contributed by atoms with Gasteiger partial charge in [-0.3, -0.25) is 14.4 Å². The Labute approximate surface area is 371 Å². The molecule has 5 atom stereocenters. The van der Waals surface area contributed by atoms with Gasteiger partial charge < -0.3 is 45.5 Å². The molecule has 4 heterocycles. The summed E-state index contributed by atoms with van der Waals surface area (Å²) in [6, 6.07) is 17.1. The van der Waals surface area contributed by atoms with Gasteiger partial charge in [-0.2, -0.15) is 0 Å². The minimum atomic E-state index is -0.961. The minimum absolute atomic E-state index is 0.0173. The van der Waals surface area contributed by atoms with E-state index in [0.29, 0.717) is 67.6 Å². The second-order valence-corrected chi connectivity index (χ2v) is 19.4. The van der Waals surface area contributed by atoms with E-state index in [1.807, 2.05) is 72.7 Å². The number of likely N-dealkylation sites (tertiary alicyclic amines) is 3.